The molecule has 0 radical (unpaired) electrons. The number of aliphatic hydroxyl groups excluding tert-OH is 6. The van der Waals surface area contributed by atoms with E-state index in [1.807, 2.05) is 0 Å². The summed E-state index contributed by atoms with van der Waals surface area (Å²) in [6.45, 7) is 12.9. The predicted octanol–water partition coefficient (Wildman–Crippen LogP) is 4.93. The molecule has 2 amide bonds. The molecule has 0 aromatic rings. The summed E-state index contributed by atoms with van der Waals surface area (Å²) in [6.07, 6.45) is 11.5. The zero-order valence-electron chi connectivity index (χ0n) is 41.8. The van der Waals surface area contributed by atoms with E-state index in [4.69, 9.17) is 9.66 Å². The van der Waals surface area contributed by atoms with Gasteiger partial charge in [-0.15, -0.1) is 0 Å². The molecule has 0 aliphatic heterocycles. The molecular weight excluding hydrogens is 893 g/mol. The average molecular weight is 981 g/mol. The van der Waals surface area contributed by atoms with Crippen LogP contribution >= 0.6 is 0 Å². The Kier molecular flexibility index (Phi) is 16.3. The second kappa shape index (κ2) is 20.5. The lowest BCUT2D eigenvalue weighted by Gasteiger charge is -2.63. The van der Waals surface area contributed by atoms with Crippen molar-refractivity contribution in [1.82, 2.24) is 10.6 Å². The number of rotatable bonds is 13. The molecule has 15 nitrogen and oxygen atoms in total. The Morgan fingerprint density at radius 3 is 1.40 bits per heavy atom. The molecule has 390 valence electrons. The SMILES string of the molecule is C[C@H](CCC(=O)NCC(=O)O)[C@H]1CC[C@H]2[C@@H]3[C@H](O)CC4C[C@H](O)CC[C@]4(C)[C@H]3C[C@H](O)[C@]12C.C[C@H](CCC(=O)NCCS(=O)(=O)O)[C@H]1CC[C@H]2[C@@H]3[C@H](O)CC4C[C@H](O)CC[C@]4(C)[C@H]3C[C@H](O)[C@]12C. The molecule has 68 heavy (non-hydrogen) atoms. The summed E-state index contributed by atoms with van der Waals surface area (Å²) in [5, 5.41) is 80.1. The third-order valence-electron chi connectivity index (χ3n) is 21.8. The Labute approximate surface area is 405 Å². The number of amides is 2. The maximum absolute atomic E-state index is 12.2. The van der Waals surface area contributed by atoms with Gasteiger partial charge in [0.25, 0.3) is 10.1 Å². The van der Waals surface area contributed by atoms with Crippen molar-refractivity contribution in [3.63, 3.8) is 0 Å². The molecule has 10 N–H and O–H groups in total. The number of hydrogen-bond donors (Lipinski definition) is 10. The maximum atomic E-state index is 12.2. The molecule has 0 aromatic carbocycles. The number of carboxylic acid groups (broad SMARTS) is 1. The van der Waals surface area contributed by atoms with Crippen molar-refractivity contribution in [3.05, 3.63) is 0 Å². The van der Waals surface area contributed by atoms with Crippen LogP contribution in [0.1, 0.15) is 157 Å². The summed E-state index contributed by atoms with van der Waals surface area (Å²) < 4.78 is 30.5. The van der Waals surface area contributed by atoms with Crippen molar-refractivity contribution in [2.45, 2.75) is 194 Å². The third kappa shape index (κ3) is 10.2. The summed E-state index contributed by atoms with van der Waals surface area (Å²) in [7, 11) is -4.10. The first-order valence-electron chi connectivity index (χ1n) is 26.5. The number of aliphatic carboxylic acids is 1. The lowest BCUT2D eigenvalue weighted by molar-refractivity contribution is -0.207. The molecule has 0 spiro atoms. The Morgan fingerprint density at radius 1 is 0.588 bits per heavy atom. The van der Waals surface area contributed by atoms with Crippen LogP contribution < -0.4 is 10.6 Å². The van der Waals surface area contributed by atoms with Gasteiger partial charge >= 0.3 is 5.97 Å². The summed E-state index contributed by atoms with van der Waals surface area (Å²) in [5.74, 6) is 0.970. The number of carbonyl (C=O) groups excluding carboxylic acids is 2. The molecule has 8 aliphatic carbocycles. The van der Waals surface area contributed by atoms with Crippen molar-refractivity contribution >= 4 is 27.9 Å². The summed E-state index contributed by atoms with van der Waals surface area (Å²) in [4.78, 5) is 34.9. The van der Waals surface area contributed by atoms with Gasteiger partial charge in [0, 0.05) is 19.4 Å². The van der Waals surface area contributed by atoms with Gasteiger partial charge < -0.3 is 46.4 Å². The van der Waals surface area contributed by atoms with Crippen LogP contribution in [-0.4, -0.2) is 122 Å². The average Bonchev–Trinajstić information content (AvgIpc) is 3.81. The topological polar surface area (TPSA) is 271 Å². The van der Waals surface area contributed by atoms with Gasteiger partial charge in [0.1, 0.15) is 6.54 Å². The van der Waals surface area contributed by atoms with Crippen LogP contribution in [0.2, 0.25) is 0 Å². The molecule has 8 fully saturated rings. The molecule has 2 unspecified atom stereocenters. The van der Waals surface area contributed by atoms with Crippen molar-refractivity contribution in [2.75, 3.05) is 18.8 Å². The molecule has 8 rings (SSSR count). The van der Waals surface area contributed by atoms with Gasteiger partial charge in [0.15, 0.2) is 0 Å². The molecule has 0 saturated heterocycles. The fraction of sp³-hybridized carbons (Fsp3) is 0.942. The van der Waals surface area contributed by atoms with Crippen LogP contribution in [0.4, 0.5) is 0 Å². The van der Waals surface area contributed by atoms with E-state index in [0.29, 0.717) is 43.9 Å². The van der Waals surface area contributed by atoms with Crippen molar-refractivity contribution < 1.29 is 63.1 Å². The van der Waals surface area contributed by atoms with Crippen LogP contribution in [-0.2, 0) is 24.5 Å². The lowest BCUT2D eigenvalue weighted by atomic mass is 9.43. The van der Waals surface area contributed by atoms with E-state index in [1.54, 1.807) is 0 Å². The van der Waals surface area contributed by atoms with Gasteiger partial charge in [-0.05, 0) is 195 Å². The minimum atomic E-state index is -4.10. The highest BCUT2D eigenvalue weighted by molar-refractivity contribution is 7.85. The van der Waals surface area contributed by atoms with Gasteiger partial charge in [-0.3, -0.25) is 18.9 Å². The standard InChI is InChI=1S/C26H45NO7S.C26H43NO6/c1-15(4-7-23(31)27-10-11-35(32,33)34)18-5-6-19-24-20(14-22(30)26(18,19)3)25(2)9-8-17(28)12-16(25)13-21(24)29;1-14(4-7-22(31)27-13-23(32)33)17-5-6-18-24-19(12-21(30)26(17,18)3)25(2)9-8-16(28)10-15(25)11-20(24)29/h15-22,24,28-30H,4-14H2,1-3H3,(H,27,31)(H,32,33,34);14-21,24,28-30H,4-13H2,1-3H3,(H,27,31)(H,32,33)/t15-,16?,17-,18-,19+,20+,21-,22+,24+,25+,26-;14-,15?,16-,17-,18+,19+,20-,21+,24+,25+,26-/m11/s1. The Hall–Kier alpha value is -1.92. The van der Waals surface area contributed by atoms with Crippen molar-refractivity contribution in [2.24, 2.45) is 92.7 Å². The highest BCUT2D eigenvalue weighted by Crippen LogP contribution is 2.70. The largest absolute Gasteiger partial charge is 0.480 e. The maximum Gasteiger partial charge on any atom is 0.322 e. The number of hydrogen-bond acceptors (Lipinski definition) is 11. The second-order valence-electron chi connectivity index (χ2n) is 24.9. The van der Waals surface area contributed by atoms with E-state index < -0.39 is 40.2 Å². The quantitative estimate of drug-likeness (QED) is 0.110. The summed E-state index contributed by atoms with van der Waals surface area (Å²) in [5.41, 5.74) is -0.469. The smallest absolute Gasteiger partial charge is 0.322 e. The highest BCUT2D eigenvalue weighted by atomic mass is 32.2. The first-order valence-corrected chi connectivity index (χ1v) is 28.1. The third-order valence-corrected chi connectivity index (χ3v) is 22.5. The minimum Gasteiger partial charge on any atom is -0.480 e. The van der Waals surface area contributed by atoms with Crippen molar-refractivity contribution in [3.8, 4) is 0 Å². The van der Waals surface area contributed by atoms with Crippen LogP contribution in [0.3, 0.4) is 0 Å². The first kappa shape index (κ1) is 53.9. The molecule has 0 bridgehead atoms. The van der Waals surface area contributed by atoms with E-state index in [2.05, 4.69) is 52.2 Å². The molecular formula is C52H88N2O13S. The Balaban J connectivity index is 0.000000202. The van der Waals surface area contributed by atoms with Gasteiger partial charge in [-0.2, -0.15) is 8.42 Å². The zero-order chi connectivity index (χ0) is 49.9. The van der Waals surface area contributed by atoms with Gasteiger partial charge in [0.05, 0.1) is 42.4 Å². The first-order chi connectivity index (χ1) is 31.7. The molecule has 0 aromatic heterocycles. The molecule has 22 atom stereocenters. The van der Waals surface area contributed by atoms with Gasteiger partial charge in [-0.25, -0.2) is 0 Å². The normalized spacial score (nSPS) is 47.0. The fourth-order valence-electron chi connectivity index (χ4n) is 18.1. The van der Waals surface area contributed by atoms with E-state index in [0.717, 1.165) is 77.0 Å². The van der Waals surface area contributed by atoms with Crippen LogP contribution in [0, 0.1) is 92.7 Å². The minimum absolute atomic E-state index is 0.0509. The molecule has 0 heterocycles. The van der Waals surface area contributed by atoms with E-state index >= 15 is 0 Å². The van der Waals surface area contributed by atoms with Gasteiger partial charge in [0.2, 0.25) is 11.8 Å². The lowest BCUT2D eigenvalue weighted by Crippen LogP contribution is -2.62. The second-order valence-corrected chi connectivity index (χ2v) is 26.5. The zero-order valence-corrected chi connectivity index (χ0v) is 42.6. The Bertz CT molecular complexity index is 1920. The summed E-state index contributed by atoms with van der Waals surface area (Å²) in [6, 6.07) is 0. The number of nitrogens with one attached hydrogen (secondary N) is 2. The number of aliphatic hydroxyl groups is 6. The molecule has 8 aliphatic rings. The predicted molar refractivity (Wildman–Crippen MR) is 255 cm³/mol. The molecule has 16 heteroatoms. The summed E-state index contributed by atoms with van der Waals surface area (Å²) >= 11 is 0. The van der Waals surface area contributed by atoms with E-state index in [9.17, 15) is 53.4 Å². The van der Waals surface area contributed by atoms with Crippen LogP contribution in [0.15, 0.2) is 0 Å². The van der Waals surface area contributed by atoms with Gasteiger partial charge in [-0.1, -0.05) is 41.5 Å². The van der Waals surface area contributed by atoms with E-state index in [-0.39, 0.29) is 130 Å². The fourth-order valence-corrected chi connectivity index (χ4v) is 18.4. The van der Waals surface area contributed by atoms with E-state index in [1.165, 1.54) is 0 Å². The number of carboxylic acids is 1. The van der Waals surface area contributed by atoms with Crippen LogP contribution in [0.25, 0.3) is 0 Å². The monoisotopic (exact) mass is 981 g/mol. The van der Waals surface area contributed by atoms with Crippen LogP contribution in [0.5, 0.6) is 0 Å². The number of fused-ring (bicyclic) bond motifs is 10. The highest BCUT2D eigenvalue weighted by Gasteiger charge is 2.67. The molecule has 8 saturated carbocycles. The number of carbonyl (C=O) groups is 3. The van der Waals surface area contributed by atoms with Crippen molar-refractivity contribution in [1.29, 1.82) is 0 Å². The Morgan fingerprint density at radius 2 is 1.00 bits per heavy atom.